The van der Waals surface area contributed by atoms with Crippen LogP contribution in [0.25, 0.3) is 0 Å². The molecule has 6 heteroatoms. The summed E-state index contributed by atoms with van der Waals surface area (Å²) in [5.74, 6) is 0. The summed E-state index contributed by atoms with van der Waals surface area (Å²) >= 11 is 1.60. The molecule has 112 valence electrons. The van der Waals surface area contributed by atoms with Gasteiger partial charge in [-0.1, -0.05) is 12.1 Å². The number of carbonyl (C=O) groups excluding carboxylic acids is 1. The number of hydrogen-bond donors (Lipinski definition) is 3. The quantitative estimate of drug-likeness (QED) is 0.769. The van der Waals surface area contributed by atoms with E-state index in [4.69, 9.17) is 0 Å². The predicted octanol–water partition coefficient (Wildman–Crippen LogP) is 2.79. The molecule has 0 fully saturated rings. The summed E-state index contributed by atoms with van der Waals surface area (Å²) in [6.07, 6.45) is 2.53. The zero-order valence-electron chi connectivity index (χ0n) is 12.2. The summed E-state index contributed by atoms with van der Waals surface area (Å²) in [4.78, 5) is 15.9. The number of nitrogens with one attached hydrogen (secondary N) is 3. The third-order valence-electron chi connectivity index (χ3n) is 3.21. The maximum absolute atomic E-state index is 11.8. The number of carbonyl (C=O) groups is 1. The first kappa shape index (κ1) is 15.5. The van der Waals surface area contributed by atoms with Crippen LogP contribution in [0, 0.1) is 0 Å². The van der Waals surface area contributed by atoms with Crippen molar-refractivity contribution in [2.45, 2.75) is 19.4 Å². The van der Waals surface area contributed by atoms with Gasteiger partial charge in [-0.2, -0.15) is 0 Å². The molecule has 0 spiro atoms. The van der Waals surface area contributed by atoms with Crippen molar-refractivity contribution in [3.63, 3.8) is 0 Å². The summed E-state index contributed by atoms with van der Waals surface area (Å²) < 4.78 is 0. The minimum absolute atomic E-state index is 0.194. The Bertz CT molecular complexity index is 554. The average Bonchev–Trinajstić information content (AvgIpc) is 3.00. The monoisotopic (exact) mass is 304 g/mol. The van der Waals surface area contributed by atoms with E-state index >= 15 is 0 Å². The Morgan fingerprint density at radius 3 is 2.71 bits per heavy atom. The molecular weight excluding hydrogens is 284 g/mol. The van der Waals surface area contributed by atoms with Gasteiger partial charge in [0.15, 0.2) is 0 Å². The van der Waals surface area contributed by atoms with Crippen LogP contribution < -0.4 is 16.0 Å². The normalized spacial score (nSPS) is 11.9. The van der Waals surface area contributed by atoms with Crippen LogP contribution in [0.2, 0.25) is 0 Å². The molecule has 2 aromatic rings. The second-order valence-corrected chi connectivity index (χ2v) is 5.67. The molecule has 2 rings (SSSR count). The molecule has 1 atom stereocenters. The zero-order chi connectivity index (χ0) is 15.1. The van der Waals surface area contributed by atoms with Crippen LogP contribution in [0.4, 0.5) is 10.5 Å². The highest BCUT2D eigenvalue weighted by Gasteiger charge is 2.04. The van der Waals surface area contributed by atoms with Crippen LogP contribution in [0.1, 0.15) is 23.5 Å². The van der Waals surface area contributed by atoms with Crippen LogP contribution in [0.3, 0.4) is 0 Å². The third-order valence-corrected chi connectivity index (χ3v) is 4.05. The van der Waals surface area contributed by atoms with E-state index in [1.54, 1.807) is 17.5 Å². The van der Waals surface area contributed by atoms with E-state index in [0.29, 0.717) is 12.6 Å². The number of hydrogen-bond acceptors (Lipinski definition) is 4. The van der Waals surface area contributed by atoms with Gasteiger partial charge >= 0.3 is 6.03 Å². The largest absolute Gasteiger partial charge is 0.337 e. The van der Waals surface area contributed by atoms with Gasteiger partial charge in [0.1, 0.15) is 0 Å². The molecule has 2 amide bonds. The Morgan fingerprint density at radius 2 is 2.10 bits per heavy atom. The highest BCUT2D eigenvalue weighted by atomic mass is 32.1. The number of urea groups is 1. The number of aromatic nitrogens is 1. The van der Waals surface area contributed by atoms with Gasteiger partial charge in [0, 0.05) is 36.3 Å². The second-order valence-electron chi connectivity index (χ2n) is 4.69. The number of nitrogens with zero attached hydrogens (tertiary/aromatic N) is 1. The second kappa shape index (κ2) is 7.75. The molecule has 0 saturated carbocycles. The lowest BCUT2D eigenvalue weighted by molar-refractivity contribution is 0.252. The molecule has 1 heterocycles. The van der Waals surface area contributed by atoms with Gasteiger partial charge in [0.25, 0.3) is 0 Å². The number of rotatable bonds is 6. The smallest absolute Gasteiger partial charge is 0.319 e. The molecular formula is C15H20N4OS. The van der Waals surface area contributed by atoms with E-state index in [1.807, 2.05) is 36.7 Å². The first-order valence-corrected chi connectivity index (χ1v) is 7.77. The standard InChI is InChI=1S/C15H20N4OS/c1-11(16-2)12-3-5-13(6-4-12)19-15(20)18-8-7-14-17-9-10-21-14/h3-6,9-11,16H,7-8H2,1-2H3,(H2,18,19,20). The molecule has 3 N–H and O–H groups in total. The van der Waals surface area contributed by atoms with E-state index in [9.17, 15) is 4.79 Å². The molecule has 0 saturated heterocycles. The summed E-state index contributed by atoms with van der Waals surface area (Å²) in [6.45, 7) is 2.67. The number of benzene rings is 1. The van der Waals surface area contributed by atoms with Crippen molar-refractivity contribution in [2.75, 3.05) is 18.9 Å². The molecule has 21 heavy (non-hydrogen) atoms. The Hall–Kier alpha value is -1.92. The minimum atomic E-state index is -0.194. The van der Waals surface area contributed by atoms with Crippen LogP contribution in [-0.2, 0) is 6.42 Å². The zero-order valence-corrected chi connectivity index (χ0v) is 13.0. The molecule has 0 aliphatic heterocycles. The topological polar surface area (TPSA) is 66.0 Å². The molecule has 1 aromatic carbocycles. The molecule has 5 nitrogen and oxygen atoms in total. The molecule has 0 radical (unpaired) electrons. The van der Waals surface area contributed by atoms with Crippen molar-refractivity contribution < 1.29 is 4.79 Å². The number of thiazole rings is 1. The van der Waals surface area contributed by atoms with E-state index in [0.717, 1.165) is 17.1 Å². The summed E-state index contributed by atoms with van der Waals surface area (Å²) in [5, 5.41) is 11.8. The Morgan fingerprint density at radius 1 is 1.33 bits per heavy atom. The number of anilines is 1. The van der Waals surface area contributed by atoms with E-state index in [2.05, 4.69) is 27.9 Å². The van der Waals surface area contributed by atoms with Crippen molar-refractivity contribution in [1.29, 1.82) is 0 Å². The van der Waals surface area contributed by atoms with Crippen molar-refractivity contribution in [3.8, 4) is 0 Å². The van der Waals surface area contributed by atoms with Crippen LogP contribution >= 0.6 is 11.3 Å². The van der Waals surface area contributed by atoms with E-state index < -0.39 is 0 Å². The first-order valence-electron chi connectivity index (χ1n) is 6.89. The van der Waals surface area contributed by atoms with Crippen molar-refractivity contribution in [3.05, 3.63) is 46.4 Å². The van der Waals surface area contributed by atoms with Gasteiger partial charge in [0.05, 0.1) is 5.01 Å². The van der Waals surface area contributed by atoms with Gasteiger partial charge in [-0.05, 0) is 31.7 Å². The minimum Gasteiger partial charge on any atom is -0.337 e. The van der Waals surface area contributed by atoms with Gasteiger partial charge in [-0.15, -0.1) is 11.3 Å². The maximum atomic E-state index is 11.8. The van der Waals surface area contributed by atoms with Gasteiger partial charge < -0.3 is 16.0 Å². The van der Waals surface area contributed by atoms with E-state index in [-0.39, 0.29) is 6.03 Å². The summed E-state index contributed by atoms with van der Waals surface area (Å²) in [6, 6.07) is 7.93. The predicted molar refractivity (Wildman–Crippen MR) is 86.8 cm³/mol. The fourth-order valence-electron chi connectivity index (χ4n) is 1.86. The van der Waals surface area contributed by atoms with Crippen LogP contribution in [-0.4, -0.2) is 24.6 Å². The van der Waals surface area contributed by atoms with E-state index in [1.165, 1.54) is 5.56 Å². The Kier molecular flexibility index (Phi) is 5.71. The Balaban J connectivity index is 1.77. The van der Waals surface area contributed by atoms with Crippen molar-refractivity contribution in [2.24, 2.45) is 0 Å². The maximum Gasteiger partial charge on any atom is 0.319 e. The van der Waals surface area contributed by atoms with Gasteiger partial charge in [-0.3, -0.25) is 0 Å². The molecule has 1 unspecified atom stereocenters. The van der Waals surface area contributed by atoms with Crippen LogP contribution in [0.15, 0.2) is 35.8 Å². The average molecular weight is 304 g/mol. The molecule has 1 aromatic heterocycles. The van der Waals surface area contributed by atoms with Crippen molar-refractivity contribution >= 4 is 23.1 Å². The highest BCUT2D eigenvalue weighted by molar-refractivity contribution is 7.09. The summed E-state index contributed by atoms with van der Waals surface area (Å²) in [5.41, 5.74) is 1.97. The van der Waals surface area contributed by atoms with Crippen molar-refractivity contribution in [1.82, 2.24) is 15.6 Å². The molecule has 0 aliphatic rings. The fourth-order valence-corrected chi connectivity index (χ4v) is 2.48. The molecule has 0 aliphatic carbocycles. The van der Waals surface area contributed by atoms with Gasteiger partial charge in [0.2, 0.25) is 0 Å². The summed E-state index contributed by atoms with van der Waals surface area (Å²) in [7, 11) is 1.92. The number of amides is 2. The first-order chi connectivity index (χ1) is 10.2. The van der Waals surface area contributed by atoms with Crippen LogP contribution in [0.5, 0.6) is 0 Å². The fraction of sp³-hybridized carbons (Fsp3) is 0.333. The third kappa shape index (κ3) is 4.84. The lowest BCUT2D eigenvalue weighted by Gasteiger charge is -2.12. The molecule has 0 bridgehead atoms. The SMILES string of the molecule is CNC(C)c1ccc(NC(=O)NCCc2nccs2)cc1. The Labute approximate surface area is 128 Å². The van der Waals surface area contributed by atoms with Gasteiger partial charge in [-0.25, -0.2) is 9.78 Å². The lowest BCUT2D eigenvalue weighted by atomic mass is 10.1. The lowest BCUT2D eigenvalue weighted by Crippen LogP contribution is -2.30. The highest BCUT2D eigenvalue weighted by Crippen LogP contribution is 2.15.